The van der Waals surface area contributed by atoms with E-state index in [-0.39, 0.29) is 34.2 Å². The molecule has 0 aliphatic heterocycles. The highest BCUT2D eigenvalue weighted by molar-refractivity contribution is 7.89. The second-order valence-corrected chi connectivity index (χ2v) is 10.2. The number of phenols is 1. The zero-order valence-electron chi connectivity index (χ0n) is 17.4. The van der Waals surface area contributed by atoms with Crippen LogP contribution in [0.1, 0.15) is 39.0 Å². The Bertz CT molecular complexity index is 1150. The van der Waals surface area contributed by atoms with Crippen LogP contribution in [0.3, 0.4) is 0 Å². The number of aromatic hydroxyl groups is 1. The van der Waals surface area contributed by atoms with Gasteiger partial charge in [-0.15, -0.1) is 0 Å². The van der Waals surface area contributed by atoms with Crippen LogP contribution >= 0.6 is 11.6 Å². The number of hydrogen-bond donors (Lipinski definition) is 4. The Labute approximate surface area is 185 Å². The summed E-state index contributed by atoms with van der Waals surface area (Å²) in [6.07, 6.45) is 4.61. The van der Waals surface area contributed by atoms with Crippen molar-refractivity contribution in [2.45, 2.75) is 49.5 Å². The van der Waals surface area contributed by atoms with Crippen LogP contribution in [0.15, 0.2) is 26.6 Å². The van der Waals surface area contributed by atoms with Gasteiger partial charge in [0.05, 0.1) is 17.3 Å². The average molecular weight is 472 g/mol. The molecule has 2 aromatic rings. The molecule has 0 unspecified atom stereocenters. The van der Waals surface area contributed by atoms with Crippen LogP contribution in [-0.4, -0.2) is 48.7 Å². The van der Waals surface area contributed by atoms with E-state index in [4.69, 9.17) is 16.7 Å². The molecule has 1 aliphatic rings. The number of likely N-dealkylation sites (N-methyl/N-ethyl adjacent to an activating group) is 1. The van der Waals surface area contributed by atoms with Crippen LogP contribution in [0, 0.1) is 0 Å². The molecule has 0 radical (unpaired) electrons. The second-order valence-electron chi connectivity index (χ2n) is 7.82. The average Bonchev–Trinajstić information content (AvgIpc) is 3.21. The first-order valence-electron chi connectivity index (χ1n) is 10.0. The predicted octanol–water partition coefficient (Wildman–Crippen LogP) is 2.13. The van der Waals surface area contributed by atoms with Gasteiger partial charge in [-0.25, -0.2) is 8.42 Å². The van der Waals surface area contributed by atoms with Gasteiger partial charge in [0.2, 0.25) is 10.0 Å². The number of phenolic OH excluding ortho intramolecular Hbond substituents is 1. The highest BCUT2D eigenvalue weighted by atomic mass is 35.5. The van der Waals surface area contributed by atoms with E-state index in [0.29, 0.717) is 0 Å². The molecule has 0 bridgehead atoms. The summed E-state index contributed by atoms with van der Waals surface area (Å²) in [5.74, 6) is -0.678. The second kappa shape index (κ2) is 8.78. The van der Waals surface area contributed by atoms with Crippen molar-refractivity contribution < 1.29 is 18.6 Å². The lowest BCUT2D eigenvalue weighted by molar-refractivity contribution is 0.266. The molecular formula is C20H26ClN3O6S. The van der Waals surface area contributed by atoms with Crippen LogP contribution in [0.4, 0.5) is 17.1 Å². The first-order chi connectivity index (χ1) is 14.6. The third-order valence-corrected chi connectivity index (χ3v) is 8.32. The fourth-order valence-electron chi connectivity index (χ4n) is 3.96. The molecule has 0 amide bonds. The number of aliphatic hydroxyl groups excluding tert-OH is 1. The first kappa shape index (κ1) is 23.5. The summed E-state index contributed by atoms with van der Waals surface area (Å²) in [5, 5.41) is 25.4. The number of rotatable bonds is 9. The maximum absolute atomic E-state index is 12.8. The van der Waals surface area contributed by atoms with Crippen molar-refractivity contribution in [3.8, 4) is 5.75 Å². The Morgan fingerprint density at radius 3 is 2.35 bits per heavy atom. The Hall–Kier alpha value is -2.14. The topological polar surface area (TPSA) is 136 Å². The van der Waals surface area contributed by atoms with E-state index < -0.39 is 38.1 Å². The van der Waals surface area contributed by atoms with Gasteiger partial charge in [0.15, 0.2) is 5.75 Å². The summed E-state index contributed by atoms with van der Waals surface area (Å²) < 4.78 is 26.4. The van der Waals surface area contributed by atoms with Crippen molar-refractivity contribution in [3.63, 3.8) is 0 Å². The zero-order chi connectivity index (χ0) is 23.0. The van der Waals surface area contributed by atoms with Gasteiger partial charge < -0.3 is 20.8 Å². The van der Waals surface area contributed by atoms with E-state index in [1.807, 2.05) is 6.92 Å². The lowest BCUT2D eigenvalue weighted by Crippen LogP contribution is -2.43. The molecule has 0 heterocycles. The van der Waals surface area contributed by atoms with E-state index in [9.17, 15) is 23.1 Å². The number of aliphatic hydroxyl groups is 1. The summed E-state index contributed by atoms with van der Waals surface area (Å²) in [6.45, 7) is 1.41. The minimum atomic E-state index is -4.21. The van der Waals surface area contributed by atoms with Gasteiger partial charge >= 0.3 is 0 Å². The Kier molecular flexibility index (Phi) is 6.66. The molecule has 0 atom stereocenters. The van der Waals surface area contributed by atoms with E-state index in [1.54, 1.807) is 0 Å². The highest BCUT2D eigenvalue weighted by Crippen LogP contribution is 2.41. The van der Waals surface area contributed by atoms with Crippen molar-refractivity contribution in [1.29, 1.82) is 0 Å². The van der Waals surface area contributed by atoms with Gasteiger partial charge in [0, 0.05) is 19.1 Å². The fourth-order valence-corrected chi connectivity index (χ4v) is 5.71. The molecule has 11 heteroatoms. The van der Waals surface area contributed by atoms with E-state index in [2.05, 4.69) is 10.6 Å². The monoisotopic (exact) mass is 471 g/mol. The molecule has 3 rings (SSSR count). The molecule has 1 aliphatic carbocycles. The molecule has 4 N–H and O–H groups in total. The number of nitrogens with zero attached hydrogens (tertiary/aromatic N) is 1. The molecule has 1 fully saturated rings. The number of halogens is 1. The Balaban J connectivity index is 1.98. The lowest BCUT2D eigenvalue weighted by atomic mass is 9.93. The van der Waals surface area contributed by atoms with Crippen molar-refractivity contribution in [3.05, 3.63) is 37.6 Å². The van der Waals surface area contributed by atoms with Crippen molar-refractivity contribution in [1.82, 2.24) is 4.31 Å². The van der Waals surface area contributed by atoms with Crippen LogP contribution in [0.25, 0.3) is 0 Å². The minimum Gasteiger partial charge on any atom is -0.504 e. The Morgan fingerprint density at radius 2 is 1.77 bits per heavy atom. The van der Waals surface area contributed by atoms with E-state index in [0.717, 1.165) is 36.4 Å². The third kappa shape index (κ3) is 4.17. The van der Waals surface area contributed by atoms with Gasteiger partial charge in [0.25, 0.3) is 10.9 Å². The van der Waals surface area contributed by atoms with Crippen LogP contribution in [-0.2, 0) is 10.0 Å². The summed E-state index contributed by atoms with van der Waals surface area (Å²) in [7, 11) is -2.97. The summed E-state index contributed by atoms with van der Waals surface area (Å²) in [6, 6.07) is 2.60. The molecule has 170 valence electrons. The number of nitrogens with one attached hydrogen (secondary N) is 2. The van der Waals surface area contributed by atoms with Crippen LogP contribution in [0.2, 0.25) is 5.02 Å². The van der Waals surface area contributed by atoms with Gasteiger partial charge in [-0.2, -0.15) is 4.31 Å². The van der Waals surface area contributed by atoms with Gasteiger partial charge in [-0.1, -0.05) is 31.4 Å². The van der Waals surface area contributed by atoms with E-state index in [1.165, 1.54) is 19.2 Å². The largest absolute Gasteiger partial charge is 0.504 e. The third-order valence-electron chi connectivity index (χ3n) is 5.96. The number of benzene rings is 1. The predicted molar refractivity (Wildman–Crippen MR) is 120 cm³/mol. The number of anilines is 3. The van der Waals surface area contributed by atoms with Gasteiger partial charge in [0.1, 0.15) is 16.3 Å². The van der Waals surface area contributed by atoms with Crippen LogP contribution < -0.4 is 21.5 Å². The Morgan fingerprint density at radius 1 is 1.16 bits per heavy atom. The maximum Gasteiger partial charge on any atom is 0.253 e. The first-order valence-corrected chi connectivity index (χ1v) is 11.9. The summed E-state index contributed by atoms with van der Waals surface area (Å²) in [5.41, 5.74) is -1.61. The summed E-state index contributed by atoms with van der Waals surface area (Å²) >= 11 is 6.04. The molecule has 0 saturated heterocycles. The van der Waals surface area contributed by atoms with E-state index >= 15 is 0 Å². The SMILES string of the molecule is CCC1(Nc2c(Nc3ccc(Cl)c(S(=O)(=O)N(C)CCO)c3O)c(=O)c2=O)CCCC1. The number of sulfonamides is 1. The molecule has 0 spiro atoms. The van der Waals surface area contributed by atoms with Crippen molar-refractivity contribution in [2.24, 2.45) is 0 Å². The normalized spacial score (nSPS) is 16.2. The van der Waals surface area contributed by atoms with Crippen molar-refractivity contribution >= 4 is 38.7 Å². The minimum absolute atomic E-state index is 0.0191. The number of hydrogen-bond acceptors (Lipinski definition) is 8. The lowest BCUT2D eigenvalue weighted by Gasteiger charge is -2.31. The van der Waals surface area contributed by atoms with Gasteiger partial charge in [-0.3, -0.25) is 9.59 Å². The van der Waals surface area contributed by atoms with Crippen LogP contribution in [0.5, 0.6) is 5.75 Å². The highest BCUT2D eigenvalue weighted by Gasteiger charge is 2.36. The molecule has 0 aromatic heterocycles. The molecule has 31 heavy (non-hydrogen) atoms. The maximum atomic E-state index is 12.8. The molecule has 2 aromatic carbocycles. The van der Waals surface area contributed by atoms with Crippen molar-refractivity contribution in [2.75, 3.05) is 30.8 Å². The fraction of sp³-hybridized carbons (Fsp3) is 0.500. The zero-order valence-corrected chi connectivity index (χ0v) is 18.9. The smallest absolute Gasteiger partial charge is 0.253 e. The standard InChI is InChI=1S/C20H26ClN3O6S/c1-3-20(8-4-5-9-20)23-15-14(17(27)18(15)28)22-13-7-6-12(21)19(16(13)26)31(29,30)24(2)10-11-25/h6-7,22-23,25-26H,3-5,8-11H2,1-2H3. The summed E-state index contributed by atoms with van der Waals surface area (Å²) in [4.78, 5) is 23.9. The quantitative estimate of drug-likeness (QED) is 0.322. The molecular weight excluding hydrogens is 446 g/mol. The molecule has 1 saturated carbocycles. The van der Waals surface area contributed by atoms with Gasteiger partial charge in [-0.05, 0) is 31.4 Å². The molecule has 9 nitrogen and oxygen atoms in total.